The summed E-state index contributed by atoms with van der Waals surface area (Å²) in [7, 11) is 1.94. The van der Waals surface area contributed by atoms with Crippen LogP contribution in [0.2, 0.25) is 0 Å². The molecule has 4 rings (SSSR count). The van der Waals surface area contributed by atoms with Crippen LogP contribution in [0.4, 0.5) is 0 Å². The number of nitrogens with zero attached hydrogens (tertiary/aromatic N) is 5. The Balaban J connectivity index is 1.46. The minimum absolute atomic E-state index is 0.0224. The minimum atomic E-state index is 0.0224. The molecule has 0 spiro atoms. The first kappa shape index (κ1) is 22.8. The van der Waals surface area contributed by atoms with Gasteiger partial charge < -0.3 is 15.0 Å². The van der Waals surface area contributed by atoms with E-state index < -0.39 is 0 Å². The van der Waals surface area contributed by atoms with Crippen LogP contribution in [-0.2, 0) is 24.9 Å². The molecular weight excluding hydrogens is 400 g/mol. The van der Waals surface area contributed by atoms with Gasteiger partial charge in [-0.25, -0.2) is 4.99 Å². The summed E-state index contributed by atoms with van der Waals surface area (Å²) >= 11 is 0. The number of hydrogen-bond acceptors (Lipinski definition) is 4. The molecule has 174 valence electrons. The largest absolute Gasteiger partial charge is 0.370 e. The topological polar surface area (TPSA) is 57.9 Å². The molecule has 0 bridgehead atoms. The van der Waals surface area contributed by atoms with E-state index in [1.807, 2.05) is 24.1 Å². The van der Waals surface area contributed by atoms with E-state index in [-0.39, 0.29) is 6.10 Å². The summed E-state index contributed by atoms with van der Waals surface area (Å²) < 4.78 is 7.86. The number of guanidine groups is 1. The van der Waals surface area contributed by atoms with Crippen LogP contribution in [0.25, 0.3) is 0 Å². The van der Waals surface area contributed by atoms with Crippen LogP contribution < -0.4 is 5.32 Å². The van der Waals surface area contributed by atoms with Crippen molar-refractivity contribution in [3.63, 3.8) is 0 Å². The lowest BCUT2D eigenvalue weighted by Gasteiger charge is -2.35. The van der Waals surface area contributed by atoms with Crippen LogP contribution in [0.1, 0.15) is 55.9 Å². The van der Waals surface area contributed by atoms with Gasteiger partial charge in [0, 0.05) is 44.5 Å². The molecule has 2 atom stereocenters. The predicted octanol–water partition coefficient (Wildman–Crippen LogP) is 3.33. The fourth-order valence-corrected chi connectivity index (χ4v) is 4.71. The molecule has 1 N–H and O–H groups in total. The minimum Gasteiger partial charge on any atom is -0.370 e. The molecule has 0 saturated carbocycles. The number of benzene rings is 1. The number of ether oxygens (including phenoxy) is 1. The van der Waals surface area contributed by atoms with Crippen LogP contribution >= 0.6 is 0 Å². The fraction of sp³-hybridized carbons (Fsp3) is 0.600. The van der Waals surface area contributed by atoms with Crippen molar-refractivity contribution in [1.29, 1.82) is 0 Å². The summed E-state index contributed by atoms with van der Waals surface area (Å²) in [5.41, 5.74) is 3.84. The Labute approximate surface area is 192 Å². The zero-order chi connectivity index (χ0) is 22.3. The number of likely N-dealkylation sites (tertiary alicyclic amines) is 1. The van der Waals surface area contributed by atoms with E-state index in [9.17, 15) is 0 Å². The van der Waals surface area contributed by atoms with Crippen LogP contribution in [0, 0.1) is 0 Å². The molecule has 0 aliphatic carbocycles. The van der Waals surface area contributed by atoms with E-state index >= 15 is 0 Å². The van der Waals surface area contributed by atoms with E-state index in [0.717, 1.165) is 37.7 Å². The summed E-state index contributed by atoms with van der Waals surface area (Å²) in [5, 5.41) is 7.80. The van der Waals surface area contributed by atoms with E-state index in [2.05, 4.69) is 58.3 Å². The second-order valence-corrected chi connectivity index (χ2v) is 9.01. The molecular formula is C25H38N6O. The molecule has 2 fully saturated rings. The van der Waals surface area contributed by atoms with Gasteiger partial charge >= 0.3 is 0 Å². The molecule has 32 heavy (non-hydrogen) atoms. The number of aromatic nitrogens is 2. The number of piperidine rings is 1. The number of rotatable bonds is 6. The first-order valence-electron chi connectivity index (χ1n) is 12.1. The van der Waals surface area contributed by atoms with Crippen molar-refractivity contribution in [2.24, 2.45) is 12.0 Å². The highest BCUT2D eigenvalue weighted by molar-refractivity contribution is 5.80. The molecule has 7 heteroatoms. The summed E-state index contributed by atoms with van der Waals surface area (Å²) in [5.74, 6) is 0.964. The molecule has 0 amide bonds. The van der Waals surface area contributed by atoms with Crippen molar-refractivity contribution in [2.45, 2.75) is 58.3 Å². The first-order chi connectivity index (χ1) is 15.6. The van der Waals surface area contributed by atoms with Gasteiger partial charge in [-0.2, -0.15) is 5.10 Å². The van der Waals surface area contributed by atoms with E-state index in [4.69, 9.17) is 9.73 Å². The van der Waals surface area contributed by atoms with Gasteiger partial charge in [-0.3, -0.25) is 9.58 Å². The zero-order valence-corrected chi connectivity index (χ0v) is 19.8. The predicted molar refractivity (Wildman–Crippen MR) is 128 cm³/mol. The summed E-state index contributed by atoms with van der Waals surface area (Å²) in [6, 6.07) is 9.45. The van der Waals surface area contributed by atoms with E-state index in [1.165, 1.54) is 36.9 Å². The van der Waals surface area contributed by atoms with Crippen molar-refractivity contribution >= 4 is 5.96 Å². The summed E-state index contributed by atoms with van der Waals surface area (Å²) in [6.45, 7) is 10.6. The lowest BCUT2D eigenvalue weighted by Crippen LogP contribution is -2.48. The molecule has 2 aliphatic heterocycles. The molecule has 0 radical (unpaired) electrons. The Hall–Kier alpha value is -2.38. The van der Waals surface area contributed by atoms with Crippen molar-refractivity contribution in [3.05, 3.63) is 53.3 Å². The lowest BCUT2D eigenvalue weighted by molar-refractivity contribution is -0.00805. The van der Waals surface area contributed by atoms with Gasteiger partial charge in [0.25, 0.3) is 0 Å². The second kappa shape index (κ2) is 11.0. The third-order valence-electron chi connectivity index (χ3n) is 6.63. The maximum Gasteiger partial charge on any atom is 0.194 e. The Morgan fingerprint density at radius 1 is 1.22 bits per heavy atom. The highest BCUT2D eigenvalue weighted by atomic mass is 16.5. The van der Waals surface area contributed by atoms with Crippen molar-refractivity contribution < 1.29 is 4.74 Å². The van der Waals surface area contributed by atoms with Gasteiger partial charge in [0.05, 0.1) is 25.9 Å². The van der Waals surface area contributed by atoms with Gasteiger partial charge in [0.2, 0.25) is 0 Å². The molecule has 1 aromatic carbocycles. The highest BCUT2D eigenvalue weighted by Crippen LogP contribution is 2.23. The van der Waals surface area contributed by atoms with Crippen molar-refractivity contribution in [2.75, 3.05) is 32.8 Å². The molecule has 1 aromatic heterocycles. The lowest BCUT2D eigenvalue weighted by atomic mass is 10.0. The van der Waals surface area contributed by atoms with Crippen LogP contribution in [0.3, 0.4) is 0 Å². The number of aryl methyl sites for hydroxylation is 1. The van der Waals surface area contributed by atoms with Crippen LogP contribution in [0.5, 0.6) is 0 Å². The SMILES string of the molecule is CCNC(=NCc1ccccc1CN1CCCCC1C)N1CCOC(c2cnn(C)c2)C1. The molecule has 7 nitrogen and oxygen atoms in total. The first-order valence-corrected chi connectivity index (χ1v) is 12.1. The standard InChI is InChI=1S/C25H38N6O/c1-4-26-25(31-13-14-32-24(19-31)23-16-28-29(3)17-23)27-15-21-10-5-6-11-22(21)18-30-12-8-7-9-20(30)2/h5-6,10-11,16-17,20,24H,4,7-9,12-15,18-19H2,1-3H3,(H,26,27). The third kappa shape index (κ3) is 5.70. The van der Waals surface area contributed by atoms with Gasteiger partial charge in [0.1, 0.15) is 6.10 Å². The smallest absolute Gasteiger partial charge is 0.194 e. The summed E-state index contributed by atoms with van der Waals surface area (Å²) in [6.07, 6.45) is 7.93. The van der Waals surface area contributed by atoms with Gasteiger partial charge in [-0.05, 0) is 44.4 Å². The monoisotopic (exact) mass is 438 g/mol. The zero-order valence-electron chi connectivity index (χ0n) is 19.8. The van der Waals surface area contributed by atoms with Crippen LogP contribution in [-0.4, -0.2) is 64.4 Å². The van der Waals surface area contributed by atoms with Crippen molar-refractivity contribution in [1.82, 2.24) is 24.9 Å². The number of hydrogen-bond donors (Lipinski definition) is 1. The maximum absolute atomic E-state index is 6.03. The fourth-order valence-electron chi connectivity index (χ4n) is 4.71. The molecule has 2 unspecified atom stereocenters. The Morgan fingerprint density at radius 3 is 2.81 bits per heavy atom. The maximum atomic E-state index is 6.03. The number of morpholine rings is 1. The molecule has 2 saturated heterocycles. The number of aliphatic imine (C=N–C) groups is 1. The molecule has 3 heterocycles. The van der Waals surface area contributed by atoms with E-state index in [1.54, 1.807) is 0 Å². The quantitative estimate of drug-likeness (QED) is 0.554. The molecule has 2 aromatic rings. The van der Waals surface area contributed by atoms with Gasteiger partial charge in [-0.15, -0.1) is 0 Å². The third-order valence-corrected chi connectivity index (χ3v) is 6.63. The van der Waals surface area contributed by atoms with Gasteiger partial charge in [-0.1, -0.05) is 30.7 Å². The Morgan fingerprint density at radius 2 is 2.06 bits per heavy atom. The van der Waals surface area contributed by atoms with Crippen molar-refractivity contribution in [3.8, 4) is 0 Å². The average molecular weight is 439 g/mol. The van der Waals surface area contributed by atoms with Crippen LogP contribution in [0.15, 0.2) is 41.7 Å². The average Bonchev–Trinajstić information content (AvgIpc) is 3.25. The number of nitrogens with one attached hydrogen (secondary N) is 1. The van der Waals surface area contributed by atoms with Gasteiger partial charge in [0.15, 0.2) is 5.96 Å². The highest BCUT2D eigenvalue weighted by Gasteiger charge is 2.25. The normalized spacial score (nSPS) is 22.8. The summed E-state index contributed by atoms with van der Waals surface area (Å²) in [4.78, 5) is 9.99. The Bertz CT molecular complexity index is 894. The molecule has 2 aliphatic rings. The second-order valence-electron chi connectivity index (χ2n) is 9.01. The Kier molecular flexibility index (Phi) is 7.81. The van der Waals surface area contributed by atoms with E-state index in [0.29, 0.717) is 19.2 Å².